The Morgan fingerprint density at radius 2 is 1.77 bits per heavy atom. The van der Waals surface area contributed by atoms with Gasteiger partial charge in [-0.15, -0.1) is 0 Å². The maximum atomic E-state index is 12.5. The Hall–Kier alpha value is -3.88. The predicted molar refractivity (Wildman–Crippen MR) is 115 cm³/mol. The number of nitrogens with zero attached hydrogens (tertiary/aromatic N) is 4. The maximum absolute atomic E-state index is 12.5. The molecule has 0 radical (unpaired) electrons. The van der Waals surface area contributed by atoms with Crippen molar-refractivity contribution in [3.05, 3.63) is 60.2 Å². The molecule has 0 aliphatic carbocycles. The van der Waals surface area contributed by atoms with Gasteiger partial charge >= 0.3 is 6.03 Å². The van der Waals surface area contributed by atoms with Gasteiger partial charge in [0.15, 0.2) is 12.2 Å². The van der Waals surface area contributed by atoms with Crippen molar-refractivity contribution in [3.63, 3.8) is 0 Å². The van der Waals surface area contributed by atoms with Crippen molar-refractivity contribution in [2.24, 2.45) is 4.99 Å². The van der Waals surface area contributed by atoms with E-state index in [9.17, 15) is 14.4 Å². The van der Waals surface area contributed by atoms with Crippen LogP contribution in [0.2, 0.25) is 0 Å². The van der Waals surface area contributed by atoms with Crippen LogP contribution in [0.5, 0.6) is 5.75 Å². The van der Waals surface area contributed by atoms with Gasteiger partial charge in [-0.25, -0.2) is 9.79 Å². The number of nitrogens with one attached hydrogen (secondary N) is 1. The molecular formula is C22H23N5O4. The first-order valence-corrected chi connectivity index (χ1v) is 9.84. The fraction of sp³-hybridized carbons (Fsp3) is 0.273. The van der Waals surface area contributed by atoms with Crippen LogP contribution in [0.3, 0.4) is 0 Å². The van der Waals surface area contributed by atoms with Crippen molar-refractivity contribution in [1.29, 1.82) is 0 Å². The minimum atomic E-state index is -0.702. The van der Waals surface area contributed by atoms with Crippen LogP contribution in [0.4, 0.5) is 10.5 Å². The minimum Gasteiger partial charge on any atom is -0.489 e. The number of fused-ring (bicyclic) bond motifs is 1. The second-order valence-electron chi connectivity index (χ2n) is 7.43. The lowest BCUT2D eigenvalue weighted by molar-refractivity contribution is -0.136. The number of carbonyl (C=O) groups is 3. The average molecular weight is 421 g/mol. The maximum Gasteiger partial charge on any atom is 0.328 e. The Labute approximate surface area is 179 Å². The van der Waals surface area contributed by atoms with Gasteiger partial charge in [0.2, 0.25) is 5.91 Å². The van der Waals surface area contributed by atoms with E-state index in [0.29, 0.717) is 18.0 Å². The molecule has 4 rings (SSSR count). The summed E-state index contributed by atoms with van der Waals surface area (Å²) >= 11 is 0. The third kappa shape index (κ3) is 4.20. The Morgan fingerprint density at radius 3 is 2.48 bits per heavy atom. The Bertz CT molecular complexity index is 1010. The summed E-state index contributed by atoms with van der Waals surface area (Å²) in [6, 6.07) is 15.8. The van der Waals surface area contributed by atoms with E-state index in [2.05, 4.69) is 10.3 Å². The number of imide groups is 1. The highest BCUT2D eigenvalue weighted by Crippen LogP contribution is 2.24. The molecule has 9 heteroatoms. The lowest BCUT2D eigenvalue weighted by Crippen LogP contribution is -2.64. The standard InChI is InChI=1S/C22H23N5O4/c1-25-20-19(21(29)26(2)22(25)30)27(14-23-20)12-18(28)24-16-8-10-17(11-9-16)31-13-15-6-4-3-5-7-15/h3-11,14,19-20H,12-13H2,1-2H3,(H,24,28). The van der Waals surface area contributed by atoms with Gasteiger partial charge in [0.1, 0.15) is 12.4 Å². The van der Waals surface area contributed by atoms with Crippen molar-refractivity contribution in [2.75, 3.05) is 26.0 Å². The number of aliphatic imine (C=N–C) groups is 1. The van der Waals surface area contributed by atoms with Gasteiger partial charge in [0.25, 0.3) is 5.91 Å². The number of amides is 4. The molecule has 2 aliphatic rings. The Morgan fingerprint density at radius 1 is 1.06 bits per heavy atom. The smallest absolute Gasteiger partial charge is 0.328 e. The normalized spacial score (nSPS) is 20.1. The molecule has 2 aromatic carbocycles. The molecule has 0 saturated carbocycles. The van der Waals surface area contributed by atoms with Crippen LogP contribution in [0.15, 0.2) is 59.6 Å². The highest BCUT2D eigenvalue weighted by Gasteiger charge is 2.48. The summed E-state index contributed by atoms with van der Waals surface area (Å²) in [6.45, 7) is 0.404. The number of benzene rings is 2. The quantitative estimate of drug-likeness (QED) is 0.767. The average Bonchev–Trinajstić information content (AvgIpc) is 3.20. The molecule has 0 aromatic heterocycles. The molecule has 2 aromatic rings. The number of hydrogen-bond acceptors (Lipinski definition) is 6. The van der Waals surface area contributed by atoms with Gasteiger partial charge in [-0.2, -0.15) is 0 Å². The fourth-order valence-electron chi connectivity index (χ4n) is 3.58. The summed E-state index contributed by atoms with van der Waals surface area (Å²) < 4.78 is 5.75. The van der Waals surface area contributed by atoms with Gasteiger partial charge in [-0.05, 0) is 29.8 Å². The van der Waals surface area contributed by atoms with Crippen molar-refractivity contribution in [1.82, 2.24) is 14.7 Å². The van der Waals surface area contributed by atoms with Gasteiger partial charge in [-0.1, -0.05) is 30.3 Å². The fourth-order valence-corrected chi connectivity index (χ4v) is 3.58. The first-order valence-electron chi connectivity index (χ1n) is 9.84. The molecule has 2 unspecified atom stereocenters. The van der Waals surface area contributed by atoms with Crippen molar-refractivity contribution in [3.8, 4) is 5.75 Å². The highest BCUT2D eigenvalue weighted by molar-refractivity contribution is 6.02. The molecule has 4 amide bonds. The second-order valence-corrected chi connectivity index (χ2v) is 7.43. The zero-order valence-corrected chi connectivity index (χ0v) is 17.3. The van der Waals surface area contributed by atoms with E-state index in [1.54, 1.807) is 36.2 Å². The Kier molecular flexibility index (Phi) is 5.57. The largest absolute Gasteiger partial charge is 0.489 e. The third-order valence-corrected chi connectivity index (χ3v) is 5.29. The zero-order valence-electron chi connectivity index (χ0n) is 17.3. The van der Waals surface area contributed by atoms with Gasteiger partial charge < -0.3 is 19.9 Å². The van der Waals surface area contributed by atoms with E-state index in [-0.39, 0.29) is 18.4 Å². The van der Waals surface area contributed by atoms with E-state index in [4.69, 9.17) is 4.74 Å². The molecule has 1 N–H and O–H groups in total. The van der Waals surface area contributed by atoms with Crippen molar-refractivity contribution in [2.45, 2.75) is 18.8 Å². The summed E-state index contributed by atoms with van der Waals surface area (Å²) in [5.41, 5.74) is 1.69. The summed E-state index contributed by atoms with van der Waals surface area (Å²) in [5.74, 6) is 0.0262. The van der Waals surface area contributed by atoms with Crippen LogP contribution in [-0.4, -0.2) is 71.7 Å². The van der Waals surface area contributed by atoms with Crippen molar-refractivity contribution >= 4 is 29.9 Å². The molecular weight excluding hydrogens is 398 g/mol. The number of anilines is 1. The van der Waals surface area contributed by atoms with E-state index < -0.39 is 18.2 Å². The SMILES string of the molecule is CN1C(=O)C2C(N=CN2CC(=O)Nc2ccc(OCc3ccccc3)cc2)N(C)C1=O. The lowest BCUT2D eigenvalue weighted by atomic mass is 10.1. The number of carbonyl (C=O) groups excluding carboxylic acids is 3. The summed E-state index contributed by atoms with van der Waals surface area (Å²) in [4.78, 5) is 45.3. The number of hydrogen-bond donors (Lipinski definition) is 1. The van der Waals surface area contributed by atoms with Gasteiger partial charge in [-0.3, -0.25) is 14.5 Å². The molecule has 0 bridgehead atoms. The number of likely N-dealkylation sites (N-methyl/N-ethyl adjacent to an activating group) is 2. The van der Waals surface area contributed by atoms with Crippen LogP contribution in [0.25, 0.3) is 0 Å². The minimum absolute atomic E-state index is 0.0570. The van der Waals surface area contributed by atoms with Crippen LogP contribution < -0.4 is 10.1 Å². The number of urea groups is 1. The molecule has 1 saturated heterocycles. The van der Waals surface area contributed by atoms with Crippen LogP contribution in [-0.2, 0) is 16.2 Å². The molecule has 2 aliphatic heterocycles. The molecule has 0 spiro atoms. The monoisotopic (exact) mass is 421 g/mol. The second kappa shape index (κ2) is 8.47. The molecule has 9 nitrogen and oxygen atoms in total. The number of rotatable bonds is 6. The number of ether oxygens (including phenoxy) is 1. The molecule has 1 fully saturated rings. The van der Waals surface area contributed by atoms with E-state index in [1.165, 1.54) is 18.3 Å². The van der Waals surface area contributed by atoms with Crippen LogP contribution in [0.1, 0.15) is 5.56 Å². The third-order valence-electron chi connectivity index (χ3n) is 5.29. The van der Waals surface area contributed by atoms with Crippen molar-refractivity contribution < 1.29 is 19.1 Å². The molecule has 2 heterocycles. The van der Waals surface area contributed by atoms with E-state index in [0.717, 1.165) is 10.5 Å². The molecule has 31 heavy (non-hydrogen) atoms. The zero-order chi connectivity index (χ0) is 22.0. The summed E-state index contributed by atoms with van der Waals surface area (Å²) in [5, 5.41) is 2.81. The van der Waals surface area contributed by atoms with E-state index >= 15 is 0 Å². The van der Waals surface area contributed by atoms with Crippen LogP contribution >= 0.6 is 0 Å². The molecule has 2 atom stereocenters. The van der Waals surface area contributed by atoms with Crippen LogP contribution in [0, 0.1) is 0 Å². The van der Waals surface area contributed by atoms with Gasteiger partial charge in [0.05, 0.1) is 12.9 Å². The highest BCUT2D eigenvalue weighted by atomic mass is 16.5. The Balaban J connectivity index is 1.32. The van der Waals surface area contributed by atoms with Gasteiger partial charge in [0, 0.05) is 19.8 Å². The lowest BCUT2D eigenvalue weighted by Gasteiger charge is -2.39. The summed E-state index contributed by atoms with van der Waals surface area (Å²) in [6.07, 6.45) is 0.834. The predicted octanol–water partition coefficient (Wildman–Crippen LogP) is 1.77. The van der Waals surface area contributed by atoms with E-state index in [1.807, 2.05) is 30.3 Å². The molecule has 160 valence electrons. The first kappa shape index (κ1) is 20.4. The topological polar surface area (TPSA) is 94.6 Å². The first-order chi connectivity index (χ1) is 14.9. The summed E-state index contributed by atoms with van der Waals surface area (Å²) in [7, 11) is 3.01.